The molecule has 2 aromatic heterocycles. The minimum Gasteiger partial charge on any atom is -0.354 e. The Balaban J connectivity index is 1.20. The predicted molar refractivity (Wildman–Crippen MR) is 226 cm³/mol. The van der Waals surface area contributed by atoms with Gasteiger partial charge in [0.25, 0.3) is 10.1 Å². The molecule has 0 amide bonds. The summed E-state index contributed by atoms with van der Waals surface area (Å²) in [5.74, 6) is 1.78. The quantitative estimate of drug-likeness (QED) is 0.0249. The van der Waals surface area contributed by atoms with Gasteiger partial charge in [-0.25, -0.2) is 0 Å². The summed E-state index contributed by atoms with van der Waals surface area (Å²) in [7, 11) is -4.64. The van der Waals surface area contributed by atoms with Crippen molar-refractivity contribution in [2.75, 3.05) is 58.1 Å². The minimum atomic E-state index is -4.64. The van der Waals surface area contributed by atoms with E-state index in [9.17, 15) is 13.0 Å². The molecule has 0 bridgehead atoms. The number of rotatable bonds is 19. The lowest BCUT2D eigenvalue weighted by molar-refractivity contribution is 0.483. The smallest absolute Gasteiger partial charge is 0.295 e. The maximum Gasteiger partial charge on any atom is 0.295 e. The van der Waals surface area contributed by atoms with E-state index in [4.69, 9.17) is 11.5 Å². The molecule has 4 aromatic carbocycles. The number of nitrogens with zero attached hydrogens (tertiary/aromatic N) is 6. The second-order valence-corrected chi connectivity index (χ2v) is 14.0. The fourth-order valence-corrected chi connectivity index (χ4v) is 6.10. The van der Waals surface area contributed by atoms with E-state index in [2.05, 4.69) is 61.8 Å². The van der Waals surface area contributed by atoms with Gasteiger partial charge in [-0.1, -0.05) is 60.7 Å². The van der Waals surface area contributed by atoms with E-state index in [1.165, 1.54) is 6.07 Å². The first-order chi connectivity index (χ1) is 27.6. The number of benzene rings is 4. The van der Waals surface area contributed by atoms with Crippen molar-refractivity contribution in [1.82, 2.24) is 29.9 Å². The molecule has 0 unspecified atom stereocenters. The van der Waals surface area contributed by atoms with Crippen molar-refractivity contribution in [3.63, 3.8) is 0 Å². The van der Waals surface area contributed by atoms with E-state index in [-0.39, 0.29) is 22.4 Å². The van der Waals surface area contributed by atoms with Crippen molar-refractivity contribution in [2.24, 2.45) is 11.5 Å². The van der Waals surface area contributed by atoms with Gasteiger partial charge < -0.3 is 43.4 Å². The Morgan fingerprint density at radius 2 is 0.947 bits per heavy atom. The zero-order valence-electron chi connectivity index (χ0n) is 31.1. The summed E-state index contributed by atoms with van der Waals surface area (Å²) in [6, 6.07) is 29.2. The molecule has 11 N–H and O–H groups in total. The van der Waals surface area contributed by atoms with Crippen LogP contribution in [0.4, 0.5) is 58.4 Å². The van der Waals surface area contributed by atoms with E-state index < -0.39 is 10.1 Å². The zero-order valence-corrected chi connectivity index (χ0v) is 32.0. The van der Waals surface area contributed by atoms with Crippen LogP contribution in [-0.2, 0) is 10.1 Å². The largest absolute Gasteiger partial charge is 0.354 e. The highest BCUT2D eigenvalue weighted by molar-refractivity contribution is 7.86. The van der Waals surface area contributed by atoms with Gasteiger partial charge in [-0.3, -0.25) is 4.55 Å². The van der Waals surface area contributed by atoms with Gasteiger partial charge in [0.15, 0.2) is 0 Å². The third-order valence-electron chi connectivity index (χ3n) is 8.17. The van der Waals surface area contributed by atoms with Crippen molar-refractivity contribution in [3.05, 3.63) is 114 Å². The fraction of sp³-hybridized carbons (Fsp3) is 0.179. The Kier molecular flexibility index (Phi) is 13.5. The van der Waals surface area contributed by atoms with Crippen molar-refractivity contribution in [2.45, 2.75) is 24.7 Å². The number of hydrogen-bond acceptors (Lipinski definition) is 16. The number of nitrogens with two attached hydrogens (primary N) is 2. The summed E-state index contributed by atoms with van der Waals surface area (Å²) in [6.07, 6.45) is 4.85. The normalized spacial score (nSPS) is 11.3. The lowest BCUT2D eigenvalue weighted by atomic mass is 10.1. The molecule has 6 aromatic rings. The monoisotopic (exact) mass is 788 g/mol. The minimum absolute atomic E-state index is 0.146. The van der Waals surface area contributed by atoms with Crippen LogP contribution in [0.15, 0.2) is 102 Å². The third-order valence-corrected chi connectivity index (χ3v) is 9.08. The first-order valence-electron chi connectivity index (χ1n) is 18.1. The maximum atomic E-state index is 12.6. The number of aryl methyl sites for hydroxylation is 1. The van der Waals surface area contributed by atoms with Gasteiger partial charge in [0.05, 0.1) is 0 Å². The molecule has 57 heavy (non-hydrogen) atoms. The molecule has 6 rings (SSSR count). The number of hydrogen-bond donors (Lipinski definition) is 9. The molecule has 0 atom stereocenters. The molecule has 0 spiro atoms. The van der Waals surface area contributed by atoms with Crippen LogP contribution in [-0.4, -0.2) is 69.1 Å². The van der Waals surface area contributed by atoms with Crippen molar-refractivity contribution in [1.29, 1.82) is 0 Å². The number of aromatic nitrogens is 6. The lowest BCUT2D eigenvalue weighted by Gasteiger charge is -2.13. The van der Waals surface area contributed by atoms with Crippen LogP contribution in [0.25, 0.3) is 12.2 Å². The standard InChI is InChI=1S/C39H44N14O3S/c1-26-24-31(46-38-50-34(42-22-8-20-40)48-36(52-38)44-29-10-4-2-5-11-29)18-16-27(26)14-15-28-17-19-32(25-33(28)57(54,55)56)47-39-51-35(43-23-9-21-41)49-37(53-39)45-30-12-6-3-7-13-30/h2-7,10-19,24-25H,8-9,20-23,40-41H2,1H3,(H,54,55,56)(H3,42,44,46,48,50,52)(H3,43,45,47,49,51,53)/b15-14+. The molecule has 0 aliphatic heterocycles. The second-order valence-electron chi connectivity index (χ2n) is 12.6. The molecule has 0 aliphatic carbocycles. The van der Waals surface area contributed by atoms with Crippen LogP contribution in [0, 0.1) is 6.92 Å². The first-order valence-corrected chi connectivity index (χ1v) is 19.6. The summed E-state index contributed by atoms with van der Waals surface area (Å²) >= 11 is 0. The summed E-state index contributed by atoms with van der Waals surface area (Å²) in [6.45, 7) is 4.09. The van der Waals surface area contributed by atoms with Crippen LogP contribution < -0.4 is 43.4 Å². The molecular formula is C39H44N14O3S. The van der Waals surface area contributed by atoms with Gasteiger partial charge in [-0.2, -0.15) is 38.3 Å². The third kappa shape index (κ3) is 11.9. The Hall–Kier alpha value is -6.73. The summed E-state index contributed by atoms with van der Waals surface area (Å²) in [5, 5.41) is 19.0. The molecule has 0 radical (unpaired) electrons. The molecular weight excluding hydrogens is 745 g/mol. The molecule has 18 heteroatoms. The van der Waals surface area contributed by atoms with E-state index in [0.717, 1.165) is 34.6 Å². The topological polar surface area (TPSA) is 256 Å². The number of anilines is 10. The molecule has 2 heterocycles. The first kappa shape index (κ1) is 39.9. The average Bonchev–Trinajstić information content (AvgIpc) is 3.18. The Morgan fingerprint density at radius 1 is 0.544 bits per heavy atom. The van der Waals surface area contributed by atoms with Crippen molar-refractivity contribution in [3.8, 4) is 0 Å². The Bertz CT molecular complexity index is 2400. The van der Waals surface area contributed by atoms with Crippen molar-refractivity contribution >= 4 is 80.7 Å². The van der Waals surface area contributed by atoms with Crippen LogP contribution in [0.2, 0.25) is 0 Å². The molecule has 0 fully saturated rings. The van der Waals surface area contributed by atoms with Gasteiger partial charge >= 0.3 is 0 Å². The second kappa shape index (κ2) is 19.2. The summed E-state index contributed by atoms with van der Waals surface area (Å²) < 4.78 is 35.5. The molecule has 0 saturated carbocycles. The Labute approximate surface area is 330 Å². The van der Waals surface area contributed by atoms with Gasteiger partial charge in [0.1, 0.15) is 4.90 Å². The van der Waals surface area contributed by atoms with E-state index >= 15 is 0 Å². The molecule has 0 saturated heterocycles. The van der Waals surface area contributed by atoms with Gasteiger partial charge in [-0.05, 0) is 98.1 Å². The molecule has 294 valence electrons. The van der Waals surface area contributed by atoms with E-state index in [1.807, 2.05) is 85.8 Å². The predicted octanol–water partition coefficient (Wildman–Crippen LogP) is 6.28. The van der Waals surface area contributed by atoms with Gasteiger partial charge in [0, 0.05) is 35.8 Å². The van der Waals surface area contributed by atoms with Crippen LogP contribution in [0.3, 0.4) is 0 Å². The molecule has 17 nitrogen and oxygen atoms in total. The summed E-state index contributed by atoms with van der Waals surface area (Å²) in [5.41, 5.74) is 15.9. The van der Waals surface area contributed by atoms with Gasteiger partial charge in [0.2, 0.25) is 35.7 Å². The van der Waals surface area contributed by atoms with Crippen LogP contribution in [0.1, 0.15) is 29.5 Å². The highest BCUT2D eigenvalue weighted by atomic mass is 32.2. The maximum absolute atomic E-state index is 12.6. The van der Waals surface area contributed by atoms with Crippen molar-refractivity contribution < 1.29 is 13.0 Å². The van der Waals surface area contributed by atoms with Crippen LogP contribution in [0.5, 0.6) is 0 Å². The highest BCUT2D eigenvalue weighted by Crippen LogP contribution is 2.27. The highest BCUT2D eigenvalue weighted by Gasteiger charge is 2.17. The zero-order chi connectivity index (χ0) is 40.0. The van der Waals surface area contributed by atoms with E-state index in [0.29, 0.717) is 62.1 Å². The lowest BCUT2D eigenvalue weighted by Crippen LogP contribution is -2.13. The van der Waals surface area contributed by atoms with Gasteiger partial charge in [-0.15, -0.1) is 0 Å². The Morgan fingerprint density at radius 3 is 1.39 bits per heavy atom. The fourth-order valence-electron chi connectivity index (χ4n) is 5.39. The van der Waals surface area contributed by atoms with Crippen LogP contribution >= 0.6 is 0 Å². The average molecular weight is 789 g/mol. The number of nitrogens with one attached hydrogen (secondary N) is 6. The van der Waals surface area contributed by atoms with E-state index in [1.54, 1.807) is 24.3 Å². The summed E-state index contributed by atoms with van der Waals surface area (Å²) in [4.78, 5) is 26.6. The SMILES string of the molecule is Cc1cc(Nc2nc(NCCCN)nc(Nc3ccccc3)n2)ccc1/C=C/c1ccc(Nc2nc(NCCCN)nc(Nc3ccccc3)n2)cc1S(=O)(=O)O. The molecule has 0 aliphatic rings. The number of para-hydroxylation sites is 2.